The molecule has 0 radical (unpaired) electrons. The highest BCUT2D eigenvalue weighted by atomic mass is 28.4. The normalized spacial score (nSPS) is 12.6. The number of para-hydroxylation sites is 1. The summed E-state index contributed by atoms with van der Waals surface area (Å²) in [7, 11) is 0.233. The van der Waals surface area contributed by atoms with Crippen molar-refractivity contribution >= 4 is 19.7 Å². The summed E-state index contributed by atoms with van der Waals surface area (Å²) in [5.41, 5.74) is 3.98. The molecule has 1 heterocycles. The lowest BCUT2D eigenvalue weighted by atomic mass is 10.2. The summed E-state index contributed by atoms with van der Waals surface area (Å²) < 4.78 is 8.00. The molecule has 112 valence electrons. The molecule has 0 aliphatic carbocycles. The van der Waals surface area contributed by atoms with Crippen LogP contribution in [0, 0.1) is 6.92 Å². The first-order valence-electron chi connectivity index (χ1n) is 7.09. The van der Waals surface area contributed by atoms with Gasteiger partial charge in [0.25, 0.3) is 0 Å². The van der Waals surface area contributed by atoms with E-state index in [0.29, 0.717) is 0 Å². The second-order valence-electron chi connectivity index (χ2n) is 6.24. The predicted octanol–water partition coefficient (Wildman–Crippen LogP) is 4.08. The van der Waals surface area contributed by atoms with Gasteiger partial charge in [-0.25, -0.2) is 4.99 Å². The quantitative estimate of drug-likeness (QED) is 0.630. The van der Waals surface area contributed by atoms with Crippen LogP contribution in [0.4, 0.5) is 5.69 Å². The Morgan fingerprint density at radius 1 is 1.29 bits per heavy atom. The van der Waals surface area contributed by atoms with Gasteiger partial charge in [-0.15, -0.1) is 0 Å². The molecular weight excluding hydrogens is 278 g/mol. The van der Waals surface area contributed by atoms with Crippen molar-refractivity contribution in [2.24, 2.45) is 12.0 Å². The van der Waals surface area contributed by atoms with Gasteiger partial charge in [-0.2, -0.15) is 5.10 Å². The zero-order chi connectivity index (χ0) is 15.6. The van der Waals surface area contributed by atoms with Gasteiger partial charge in [0.15, 0.2) is 0 Å². The number of rotatable bonds is 4. The lowest BCUT2D eigenvalue weighted by molar-refractivity contribution is 0.554. The standard InChI is InChI=1S/C16H23N3OSi/c1-12-8-7-9-15(16(12)20-21(4,5)6)18-13(2)14-10-17-19(3)11-14/h7-11H,1-6H3. The lowest BCUT2D eigenvalue weighted by Crippen LogP contribution is -2.29. The first-order chi connectivity index (χ1) is 9.76. The third kappa shape index (κ3) is 4.04. The van der Waals surface area contributed by atoms with Crippen molar-refractivity contribution in [3.05, 3.63) is 41.7 Å². The Kier molecular flexibility index (Phi) is 4.32. The molecule has 0 saturated heterocycles. The third-order valence-electron chi connectivity index (χ3n) is 3.01. The first kappa shape index (κ1) is 15.5. The van der Waals surface area contributed by atoms with Gasteiger partial charge < -0.3 is 4.43 Å². The van der Waals surface area contributed by atoms with E-state index in [1.165, 1.54) is 0 Å². The van der Waals surface area contributed by atoms with E-state index in [1.807, 2.05) is 38.5 Å². The van der Waals surface area contributed by atoms with Crippen molar-refractivity contribution in [3.63, 3.8) is 0 Å². The number of nitrogens with zero attached hydrogens (tertiary/aromatic N) is 3. The number of aromatic nitrogens is 2. The second-order valence-corrected chi connectivity index (χ2v) is 10.7. The Morgan fingerprint density at radius 2 is 2.00 bits per heavy atom. The van der Waals surface area contributed by atoms with Gasteiger partial charge in [-0.1, -0.05) is 12.1 Å². The fourth-order valence-corrected chi connectivity index (χ4v) is 2.90. The van der Waals surface area contributed by atoms with E-state index in [9.17, 15) is 0 Å². The van der Waals surface area contributed by atoms with Crippen LogP contribution >= 0.6 is 0 Å². The Hall–Kier alpha value is -1.88. The summed E-state index contributed by atoms with van der Waals surface area (Å²) in [5.74, 6) is 0.903. The Morgan fingerprint density at radius 3 is 2.57 bits per heavy atom. The molecule has 0 N–H and O–H groups in total. The van der Waals surface area contributed by atoms with Crippen LogP contribution in [0.15, 0.2) is 35.6 Å². The second kappa shape index (κ2) is 5.85. The summed E-state index contributed by atoms with van der Waals surface area (Å²) >= 11 is 0. The van der Waals surface area contributed by atoms with Crippen LogP contribution in [0.1, 0.15) is 18.1 Å². The molecule has 0 atom stereocenters. The van der Waals surface area contributed by atoms with E-state index in [-0.39, 0.29) is 0 Å². The predicted molar refractivity (Wildman–Crippen MR) is 90.2 cm³/mol. The Bertz CT molecular complexity index is 668. The van der Waals surface area contributed by atoms with E-state index < -0.39 is 8.32 Å². The van der Waals surface area contributed by atoms with E-state index in [2.05, 4.69) is 37.7 Å². The molecule has 0 amide bonds. The minimum atomic E-state index is -1.67. The van der Waals surface area contributed by atoms with Crippen LogP contribution in [-0.4, -0.2) is 23.8 Å². The molecule has 5 heteroatoms. The van der Waals surface area contributed by atoms with Gasteiger partial charge in [0.05, 0.1) is 6.20 Å². The Balaban J connectivity index is 2.42. The monoisotopic (exact) mass is 301 g/mol. The fourth-order valence-electron chi connectivity index (χ4n) is 2.02. The van der Waals surface area contributed by atoms with Crippen LogP contribution in [0.2, 0.25) is 19.6 Å². The SMILES string of the molecule is CC(=Nc1cccc(C)c1O[Si](C)(C)C)c1cnn(C)c1. The van der Waals surface area contributed by atoms with Crippen molar-refractivity contribution in [1.29, 1.82) is 0 Å². The zero-order valence-electron chi connectivity index (χ0n) is 13.6. The molecule has 0 spiro atoms. The van der Waals surface area contributed by atoms with E-state index in [0.717, 1.165) is 28.3 Å². The van der Waals surface area contributed by atoms with Gasteiger partial charge >= 0.3 is 0 Å². The summed E-state index contributed by atoms with van der Waals surface area (Å²) in [4.78, 5) is 4.75. The van der Waals surface area contributed by atoms with Crippen molar-refractivity contribution in [2.75, 3.05) is 0 Å². The average molecular weight is 301 g/mol. The van der Waals surface area contributed by atoms with Gasteiger partial charge in [0.1, 0.15) is 11.4 Å². The summed E-state index contributed by atoms with van der Waals surface area (Å²) in [6.45, 7) is 10.6. The third-order valence-corrected chi connectivity index (χ3v) is 3.83. The molecule has 0 saturated carbocycles. The molecule has 4 nitrogen and oxygen atoms in total. The maximum Gasteiger partial charge on any atom is 0.242 e. The molecule has 2 aromatic rings. The number of hydrogen-bond acceptors (Lipinski definition) is 3. The smallest absolute Gasteiger partial charge is 0.242 e. The molecule has 0 aliphatic rings. The van der Waals surface area contributed by atoms with Crippen molar-refractivity contribution in [1.82, 2.24) is 9.78 Å². The highest BCUT2D eigenvalue weighted by molar-refractivity contribution is 6.70. The zero-order valence-corrected chi connectivity index (χ0v) is 14.6. The van der Waals surface area contributed by atoms with Crippen molar-refractivity contribution in [2.45, 2.75) is 33.5 Å². The fraction of sp³-hybridized carbons (Fsp3) is 0.375. The summed E-state index contributed by atoms with van der Waals surface area (Å²) in [5, 5.41) is 4.19. The first-order valence-corrected chi connectivity index (χ1v) is 10.5. The van der Waals surface area contributed by atoms with Crippen LogP contribution in [0.5, 0.6) is 5.75 Å². The number of benzene rings is 1. The maximum absolute atomic E-state index is 6.22. The lowest BCUT2D eigenvalue weighted by Gasteiger charge is -2.22. The van der Waals surface area contributed by atoms with Gasteiger partial charge in [-0.05, 0) is 45.1 Å². The van der Waals surface area contributed by atoms with E-state index >= 15 is 0 Å². The molecular formula is C16H23N3OSi. The number of aryl methyl sites for hydroxylation is 2. The van der Waals surface area contributed by atoms with Crippen LogP contribution < -0.4 is 4.43 Å². The van der Waals surface area contributed by atoms with Crippen LogP contribution in [-0.2, 0) is 7.05 Å². The van der Waals surface area contributed by atoms with Gasteiger partial charge in [-0.3, -0.25) is 4.68 Å². The minimum Gasteiger partial charge on any atom is -0.543 e. The molecule has 2 rings (SSSR count). The largest absolute Gasteiger partial charge is 0.543 e. The molecule has 1 aromatic heterocycles. The minimum absolute atomic E-state index is 0.888. The maximum atomic E-state index is 6.22. The average Bonchev–Trinajstić information content (AvgIpc) is 2.79. The molecule has 0 aliphatic heterocycles. The molecule has 0 fully saturated rings. The van der Waals surface area contributed by atoms with Crippen LogP contribution in [0.3, 0.4) is 0 Å². The topological polar surface area (TPSA) is 39.4 Å². The number of aliphatic imine (C=N–C) groups is 1. The van der Waals surface area contributed by atoms with E-state index in [4.69, 9.17) is 9.42 Å². The molecule has 0 unspecified atom stereocenters. The van der Waals surface area contributed by atoms with Crippen molar-refractivity contribution in [3.8, 4) is 5.75 Å². The van der Waals surface area contributed by atoms with Crippen molar-refractivity contribution < 1.29 is 4.43 Å². The number of hydrogen-bond donors (Lipinski definition) is 0. The summed E-state index contributed by atoms with van der Waals surface area (Å²) in [6.07, 6.45) is 3.79. The molecule has 1 aromatic carbocycles. The highest BCUT2D eigenvalue weighted by Gasteiger charge is 2.19. The summed E-state index contributed by atoms with van der Waals surface area (Å²) in [6, 6.07) is 6.08. The van der Waals surface area contributed by atoms with Gasteiger partial charge in [0, 0.05) is 24.5 Å². The Labute approximate surface area is 127 Å². The van der Waals surface area contributed by atoms with E-state index in [1.54, 1.807) is 4.68 Å². The molecule has 0 bridgehead atoms. The highest BCUT2D eigenvalue weighted by Crippen LogP contribution is 2.33. The molecule has 21 heavy (non-hydrogen) atoms. The van der Waals surface area contributed by atoms with Gasteiger partial charge in [0.2, 0.25) is 8.32 Å². The van der Waals surface area contributed by atoms with Crippen LogP contribution in [0.25, 0.3) is 0 Å².